The number of hydrogen-bond donors (Lipinski definition) is 1. The number of fused-ring (bicyclic) bond motifs is 1. The van der Waals surface area contributed by atoms with Crippen LogP contribution in [0.15, 0.2) is 57.8 Å². The van der Waals surface area contributed by atoms with Gasteiger partial charge in [0.2, 0.25) is 0 Å². The van der Waals surface area contributed by atoms with Gasteiger partial charge in [-0.15, -0.1) is 0 Å². The molecule has 32 heavy (non-hydrogen) atoms. The molecular weight excluding hydrogens is 468 g/mol. The molecule has 2 amide bonds. The SMILES string of the molecule is CCCCCCN(C(=O)Nc1ccccc1Br)C(C)c1nc2ccccc2c(=O)n1CC. The third kappa shape index (κ3) is 5.38. The molecule has 0 aliphatic rings. The van der Waals surface area contributed by atoms with Crippen molar-refractivity contribution in [2.75, 3.05) is 11.9 Å². The number of carbonyl (C=O) groups excluding carboxylic acids is 1. The summed E-state index contributed by atoms with van der Waals surface area (Å²) in [5.74, 6) is 0.606. The van der Waals surface area contributed by atoms with Crippen molar-refractivity contribution in [1.82, 2.24) is 14.5 Å². The highest BCUT2D eigenvalue weighted by molar-refractivity contribution is 9.10. The number of aromatic nitrogens is 2. The van der Waals surface area contributed by atoms with Crippen molar-refractivity contribution in [2.45, 2.75) is 59.0 Å². The van der Waals surface area contributed by atoms with Crippen LogP contribution in [0, 0.1) is 0 Å². The second-order valence-electron chi connectivity index (χ2n) is 7.88. The van der Waals surface area contributed by atoms with Crippen LogP contribution in [0.25, 0.3) is 10.9 Å². The van der Waals surface area contributed by atoms with E-state index >= 15 is 0 Å². The van der Waals surface area contributed by atoms with Crippen molar-refractivity contribution in [1.29, 1.82) is 0 Å². The molecule has 1 atom stereocenters. The van der Waals surface area contributed by atoms with Crippen molar-refractivity contribution in [3.63, 3.8) is 0 Å². The molecule has 1 N–H and O–H groups in total. The molecule has 0 spiro atoms. The Morgan fingerprint density at radius 1 is 1.09 bits per heavy atom. The average molecular weight is 499 g/mol. The maximum absolute atomic E-state index is 13.4. The van der Waals surface area contributed by atoms with Crippen LogP contribution in [0.2, 0.25) is 0 Å². The van der Waals surface area contributed by atoms with Gasteiger partial charge in [-0.3, -0.25) is 9.36 Å². The van der Waals surface area contributed by atoms with E-state index in [0.29, 0.717) is 35.5 Å². The van der Waals surface area contributed by atoms with E-state index < -0.39 is 0 Å². The van der Waals surface area contributed by atoms with Gasteiger partial charge in [0.05, 0.1) is 22.6 Å². The van der Waals surface area contributed by atoms with Gasteiger partial charge in [-0.05, 0) is 60.5 Å². The summed E-state index contributed by atoms with van der Waals surface area (Å²) in [7, 11) is 0. The minimum atomic E-state index is -0.364. The van der Waals surface area contributed by atoms with Crippen molar-refractivity contribution in [3.05, 3.63) is 69.2 Å². The van der Waals surface area contributed by atoms with Gasteiger partial charge in [0.15, 0.2) is 0 Å². The largest absolute Gasteiger partial charge is 0.322 e. The van der Waals surface area contributed by atoms with Crippen LogP contribution in [-0.4, -0.2) is 27.0 Å². The highest BCUT2D eigenvalue weighted by Gasteiger charge is 2.26. The molecule has 0 bridgehead atoms. The molecule has 0 aliphatic heterocycles. The summed E-state index contributed by atoms with van der Waals surface area (Å²) < 4.78 is 2.50. The fourth-order valence-corrected chi connectivity index (χ4v) is 4.26. The number of rotatable bonds is 9. The zero-order valence-corrected chi connectivity index (χ0v) is 20.6. The number of halogens is 1. The summed E-state index contributed by atoms with van der Waals surface area (Å²) >= 11 is 3.50. The van der Waals surface area contributed by atoms with Crippen molar-refractivity contribution in [3.8, 4) is 0 Å². The number of anilines is 1. The average Bonchev–Trinajstić information content (AvgIpc) is 2.80. The van der Waals surface area contributed by atoms with Gasteiger partial charge in [-0.25, -0.2) is 9.78 Å². The van der Waals surface area contributed by atoms with Gasteiger partial charge in [-0.1, -0.05) is 50.5 Å². The Morgan fingerprint density at radius 2 is 1.81 bits per heavy atom. The lowest BCUT2D eigenvalue weighted by Gasteiger charge is -2.30. The lowest BCUT2D eigenvalue weighted by Crippen LogP contribution is -2.40. The first kappa shape index (κ1) is 24.0. The van der Waals surface area contributed by atoms with Crippen LogP contribution in [0.4, 0.5) is 10.5 Å². The van der Waals surface area contributed by atoms with E-state index in [0.717, 1.165) is 30.2 Å². The molecule has 1 unspecified atom stereocenters. The normalized spacial score (nSPS) is 12.0. The minimum Gasteiger partial charge on any atom is -0.315 e. The Morgan fingerprint density at radius 3 is 2.53 bits per heavy atom. The zero-order valence-electron chi connectivity index (χ0n) is 19.0. The molecule has 170 valence electrons. The summed E-state index contributed by atoms with van der Waals surface area (Å²) in [6.07, 6.45) is 4.20. The van der Waals surface area contributed by atoms with Crippen molar-refractivity contribution in [2.24, 2.45) is 0 Å². The van der Waals surface area contributed by atoms with E-state index in [9.17, 15) is 9.59 Å². The number of benzene rings is 2. The highest BCUT2D eigenvalue weighted by Crippen LogP contribution is 2.25. The van der Waals surface area contributed by atoms with Gasteiger partial charge < -0.3 is 10.2 Å². The second kappa shape index (κ2) is 11.3. The standard InChI is InChI=1S/C25H31BrN4O2/c1-4-6-7-12-17-30(25(32)28-22-16-11-9-14-20(22)26)18(3)23-27-21-15-10-8-13-19(21)24(31)29(23)5-2/h8-11,13-16,18H,4-7,12,17H2,1-3H3,(H,28,32). The number of hydrogen-bond acceptors (Lipinski definition) is 3. The molecule has 3 rings (SSSR count). The van der Waals surface area contributed by atoms with Crippen LogP contribution < -0.4 is 10.9 Å². The monoisotopic (exact) mass is 498 g/mol. The number of nitrogens with one attached hydrogen (secondary N) is 1. The molecule has 1 aromatic heterocycles. The summed E-state index contributed by atoms with van der Waals surface area (Å²) in [6.45, 7) is 7.12. The van der Waals surface area contributed by atoms with E-state index in [1.54, 1.807) is 15.5 Å². The smallest absolute Gasteiger partial charge is 0.315 e. The number of unbranched alkanes of at least 4 members (excludes halogenated alkanes) is 3. The molecule has 7 heteroatoms. The van der Waals surface area contributed by atoms with Crippen molar-refractivity contribution >= 4 is 38.6 Å². The lowest BCUT2D eigenvalue weighted by atomic mass is 10.1. The first-order chi connectivity index (χ1) is 15.5. The molecule has 0 aliphatic carbocycles. The summed E-state index contributed by atoms with van der Waals surface area (Å²) in [4.78, 5) is 33.1. The second-order valence-corrected chi connectivity index (χ2v) is 8.73. The van der Waals surface area contributed by atoms with E-state index in [1.165, 1.54) is 0 Å². The minimum absolute atomic E-state index is 0.0721. The maximum Gasteiger partial charge on any atom is 0.322 e. The predicted octanol–water partition coefficient (Wildman–Crippen LogP) is 6.35. The van der Waals surface area contributed by atoms with E-state index in [4.69, 9.17) is 4.98 Å². The van der Waals surface area contributed by atoms with E-state index in [1.807, 2.05) is 56.3 Å². The molecule has 3 aromatic rings. The van der Waals surface area contributed by atoms with Gasteiger partial charge in [0.25, 0.3) is 5.56 Å². The summed E-state index contributed by atoms with van der Waals surface area (Å²) in [6, 6.07) is 14.3. The molecule has 0 fully saturated rings. The van der Waals surface area contributed by atoms with Crippen LogP contribution in [-0.2, 0) is 6.54 Å². The lowest BCUT2D eigenvalue weighted by molar-refractivity contribution is 0.186. The number of amides is 2. The molecule has 6 nitrogen and oxygen atoms in total. The number of urea groups is 1. The van der Waals surface area contributed by atoms with Crippen LogP contribution in [0.5, 0.6) is 0 Å². The van der Waals surface area contributed by atoms with Crippen LogP contribution >= 0.6 is 15.9 Å². The number of carbonyl (C=O) groups is 1. The van der Waals surface area contributed by atoms with Gasteiger partial charge in [-0.2, -0.15) is 0 Å². The topological polar surface area (TPSA) is 67.2 Å². The van der Waals surface area contributed by atoms with Gasteiger partial charge in [0, 0.05) is 17.6 Å². The number of nitrogens with zero attached hydrogens (tertiary/aromatic N) is 3. The number of para-hydroxylation sites is 2. The Bertz CT molecular complexity index is 1130. The molecule has 2 aromatic carbocycles. The highest BCUT2D eigenvalue weighted by atomic mass is 79.9. The summed E-state index contributed by atoms with van der Waals surface area (Å²) in [5, 5.41) is 3.61. The first-order valence-electron chi connectivity index (χ1n) is 11.3. The Balaban J connectivity index is 1.97. The molecule has 0 saturated carbocycles. The Hall–Kier alpha value is -2.67. The molecule has 1 heterocycles. The predicted molar refractivity (Wildman–Crippen MR) is 134 cm³/mol. The molecule has 0 radical (unpaired) electrons. The fourth-order valence-electron chi connectivity index (χ4n) is 3.88. The Kier molecular flexibility index (Phi) is 8.45. The van der Waals surface area contributed by atoms with Crippen LogP contribution in [0.1, 0.15) is 58.3 Å². The van der Waals surface area contributed by atoms with E-state index in [-0.39, 0.29) is 17.6 Å². The van der Waals surface area contributed by atoms with Crippen LogP contribution in [0.3, 0.4) is 0 Å². The van der Waals surface area contributed by atoms with Gasteiger partial charge >= 0.3 is 6.03 Å². The first-order valence-corrected chi connectivity index (χ1v) is 12.1. The fraction of sp³-hybridized carbons (Fsp3) is 0.400. The summed E-state index contributed by atoms with van der Waals surface area (Å²) in [5.41, 5.74) is 1.29. The van der Waals surface area contributed by atoms with Crippen molar-refractivity contribution < 1.29 is 4.79 Å². The van der Waals surface area contributed by atoms with Gasteiger partial charge in [0.1, 0.15) is 5.82 Å². The van der Waals surface area contributed by atoms with E-state index in [2.05, 4.69) is 28.2 Å². The quantitative estimate of drug-likeness (QED) is 0.349. The third-order valence-electron chi connectivity index (χ3n) is 5.68. The molecular formula is C25H31BrN4O2. The maximum atomic E-state index is 13.4. The Labute approximate surface area is 197 Å². The third-order valence-corrected chi connectivity index (χ3v) is 6.37. The zero-order chi connectivity index (χ0) is 23.1. The molecule has 0 saturated heterocycles.